The van der Waals surface area contributed by atoms with E-state index in [2.05, 4.69) is 15.3 Å². The Morgan fingerprint density at radius 2 is 1.92 bits per heavy atom. The van der Waals surface area contributed by atoms with Crippen LogP contribution in [0.5, 0.6) is 17.4 Å². The summed E-state index contributed by atoms with van der Waals surface area (Å²) >= 11 is 1.60. The number of nitrogens with zero attached hydrogens (tertiary/aromatic N) is 4. The zero-order valence-electron chi connectivity index (χ0n) is 21.9. The zero-order chi connectivity index (χ0) is 26.4. The van der Waals surface area contributed by atoms with Crippen molar-refractivity contribution < 1.29 is 19.0 Å². The maximum atomic E-state index is 12.7. The highest BCUT2D eigenvalue weighted by Crippen LogP contribution is 2.31. The second-order valence-corrected chi connectivity index (χ2v) is 10.5. The van der Waals surface area contributed by atoms with Gasteiger partial charge in [0.05, 0.1) is 19.3 Å². The molecule has 196 valence electrons. The van der Waals surface area contributed by atoms with E-state index in [9.17, 15) is 4.79 Å². The van der Waals surface area contributed by atoms with Gasteiger partial charge in [0, 0.05) is 35.9 Å². The number of carbonyl (C=O) groups excluding carboxylic acids is 1. The Labute approximate surface area is 222 Å². The van der Waals surface area contributed by atoms with E-state index in [1.165, 1.54) is 0 Å². The lowest BCUT2D eigenvalue weighted by Gasteiger charge is -2.29. The fraction of sp³-hybridized carbons (Fsp3) is 0.407. The molecule has 1 aliphatic heterocycles. The average Bonchev–Trinajstić information content (AvgIpc) is 3.36. The number of amides is 1. The van der Waals surface area contributed by atoms with Gasteiger partial charge in [-0.25, -0.2) is 9.78 Å². The van der Waals surface area contributed by atoms with Crippen LogP contribution in [-0.4, -0.2) is 64.0 Å². The van der Waals surface area contributed by atoms with E-state index >= 15 is 0 Å². The molecule has 1 atom stereocenters. The van der Waals surface area contributed by atoms with Crippen molar-refractivity contribution in [1.82, 2.24) is 19.9 Å². The van der Waals surface area contributed by atoms with Crippen molar-refractivity contribution >= 4 is 23.5 Å². The summed E-state index contributed by atoms with van der Waals surface area (Å²) in [5.41, 5.74) is 0.887. The summed E-state index contributed by atoms with van der Waals surface area (Å²) in [5, 5.41) is 3.40. The molecule has 0 bridgehead atoms. The third-order valence-electron chi connectivity index (χ3n) is 5.77. The summed E-state index contributed by atoms with van der Waals surface area (Å²) in [7, 11) is 1.62. The molecule has 9 nitrogen and oxygen atoms in total. The van der Waals surface area contributed by atoms with Gasteiger partial charge < -0.3 is 24.4 Å². The minimum absolute atomic E-state index is 0.00850. The van der Waals surface area contributed by atoms with Gasteiger partial charge in [-0.2, -0.15) is 4.98 Å². The van der Waals surface area contributed by atoms with Crippen LogP contribution < -0.4 is 14.8 Å². The third-order valence-corrected chi connectivity index (χ3v) is 6.46. The molecule has 2 aromatic heterocycles. The number of benzene rings is 1. The van der Waals surface area contributed by atoms with E-state index in [0.29, 0.717) is 36.2 Å². The topological polar surface area (TPSA) is 98.7 Å². The molecule has 1 saturated heterocycles. The molecule has 1 N–H and O–H groups in total. The van der Waals surface area contributed by atoms with Gasteiger partial charge in [-0.1, -0.05) is 0 Å². The molecule has 1 aliphatic rings. The Hall–Kier alpha value is -3.53. The van der Waals surface area contributed by atoms with Crippen molar-refractivity contribution in [3.8, 4) is 28.8 Å². The Balaban J connectivity index is 1.57. The van der Waals surface area contributed by atoms with Gasteiger partial charge in [0.15, 0.2) is 5.82 Å². The number of nitrogens with one attached hydrogen (secondary N) is 1. The van der Waals surface area contributed by atoms with Crippen molar-refractivity contribution in [3.05, 3.63) is 48.9 Å². The lowest BCUT2D eigenvalue weighted by atomic mass is 10.2. The SMILES string of the molecule is COc1ccc(Oc2nc(-c3cncc(SC)c3)ncc2NCC2CCCN2C(=O)OC(C)(C)C)cc1. The summed E-state index contributed by atoms with van der Waals surface area (Å²) in [5.74, 6) is 2.23. The number of likely N-dealkylation sites (tertiary alicyclic amines) is 1. The Morgan fingerprint density at radius 3 is 2.62 bits per heavy atom. The molecule has 1 unspecified atom stereocenters. The van der Waals surface area contributed by atoms with Gasteiger partial charge in [0.2, 0.25) is 5.88 Å². The summed E-state index contributed by atoms with van der Waals surface area (Å²) in [6.45, 7) is 6.82. The molecule has 10 heteroatoms. The van der Waals surface area contributed by atoms with Gasteiger partial charge in [0.1, 0.15) is 22.8 Å². The highest BCUT2D eigenvalue weighted by molar-refractivity contribution is 7.98. The van der Waals surface area contributed by atoms with E-state index in [0.717, 1.165) is 29.1 Å². The highest BCUT2D eigenvalue weighted by Gasteiger charge is 2.32. The summed E-state index contributed by atoms with van der Waals surface area (Å²) < 4.78 is 17.0. The van der Waals surface area contributed by atoms with E-state index in [-0.39, 0.29) is 12.1 Å². The van der Waals surface area contributed by atoms with Gasteiger partial charge in [-0.15, -0.1) is 11.8 Å². The monoisotopic (exact) mass is 523 g/mol. The number of rotatable bonds is 8. The first kappa shape index (κ1) is 26.5. The van der Waals surface area contributed by atoms with Crippen LogP contribution in [0.3, 0.4) is 0 Å². The molecule has 4 rings (SSSR count). The molecule has 1 aromatic carbocycles. The number of hydrogen-bond donors (Lipinski definition) is 1. The Morgan fingerprint density at radius 1 is 1.16 bits per heavy atom. The van der Waals surface area contributed by atoms with Crippen LogP contribution in [-0.2, 0) is 4.74 Å². The lowest BCUT2D eigenvalue weighted by Crippen LogP contribution is -2.42. The van der Waals surface area contributed by atoms with Gasteiger partial charge in [-0.3, -0.25) is 4.98 Å². The second kappa shape index (κ2) is 11.7. The molecule has 37 heavy (non-hydrogen) atoms. The fourth-order valence-corrected chi connectivity index (χ4v) is 4.36. The summed E-state index contributed by atoms with van der Waals surface area (Å²) in [6.07, 6.45) is 8.75. The van der Waals surface area contributed by atoms with E-state index in [1.807, 2.05) is 57.4 Å². The van der Waals surface area contributed by atoms with Crippen LogP contribution >= 0.6 is 11.8 Å². The Bertz CT molecular complexity index is 1220. The average molecular weight is 524 g/mol. The van der Waals surface area contributed by atoms with Crippen molar-refractivity contribution in [2.45, 2.75) is 50.2 Å². The number of anilines is 1. The number of carbonyl (C=O) groups is 1. The first-order valence-electron chi connectivity index (χ1n) is 12.2. The van der Waals surface area contributed by atoms with Crippen molar-refractivity contribution in [3.63, 3.8) is 0 Å². The number of methoxy groups -OCH3 is 1. The predicted octanol–water partition coefficient (Wildman–Crippen LogP) is 5.87. The van der Waals surface area contributed by atoms with Crippen molar-refractivity contribution in [1.29, 1.82) is 0 Å². The maximum absolute atomic E-state index is 12.7. The van der Waals surface area contributed by atoms with Gasteiger partial charge in [-0.05, 0) is 70.2 Å². The van der Waals surface area contributed by atoms with Crippen LogP contribution in [0.15, 0.2) is 53.8 Å². The summed E-state index contributed by atoms with van der Waals surface area (Å²) in [6, 6.07) is 9.28. The highest BCUT2D eigenvalue weighted by atomic mass is 32.2. The number of aromatic nitrogens is 3. The third kappa shape index (κ3) is 7.03. The van der Waals surface area contributed by atoms with Crippen LogP contribution in [0.1, 0.15) is 33.6 Å². The summed E-state index contributed by atoms with van der Waals surface area (Å²) in [4.78, 5) is 29.1. The molecule has 0 spiro atoms. The van der Waals surface area contributed by atoms with E-state index in [1.54, 1.807) is 42.4 Å². The molecular weight excluding hydrogens is 490 g/mol. The number of thioether (sulfide) groups is 1. The number of pyridine rings is 1. The molecular formula is C27H33N5O4S. The minimum Gasteiger partial charge on any atom is -0.497 e. The van der Waals surface area contributed by atoms with E-state index < -0.39 is 5.60 Å². The number of hydrogen-bond acceptors (Lipinski definition) is 9. The smallest absolute Gasteiger partial charge is 0.410 e. The molecule has 0 saturated carbocycles. The quantitative estimate of drug-likeness (QED) is 0.363. The van der Waals surface area contributed by atoms with Crippen LogP contribution in [0, 0.1) is 0 Å². The van der Waals surface area contributed by atoms with Crippen molar-refractivity contribution in [2.75, 3.05) is 31.8 Å². The maximum Gasteiger partial charge on any atom is 0.410 e. The first-order chi connectivity index (χ1) is 17.8. The van der Waals surface area contributed by atoms with Crippen LogP contribution in [0.4, 0.5) is 10.5 Å². The predicted molar refractivity (Wildman–Crippen MR) is 145 cm³/mol. The lowest BCUT2D eigenvalue weighted by molar-refractivity contribution is 0.0235. The van der Waals surface area contributed by atoms with E-state index in [4.69, 9.17) is 19.2 Å². The largest absolute Gasteiger partial charge is 0.497 e. The fourth-order valence-electron chi connectivity index (χ4n) is 3.95. The second-order valence-electron chi connectivity index (χ2n) is 9.65. The van der Waals surface area contributed by atoms with Crippen LogP contribution in [0.2, 0.25) is 0 Å². The molecule has 1 amide bonds. The molecule has 1 fully saturated rings. The normalized spacial score (nSPS) is 15.4. The molecule has 3 aromatic rings. The molecule has 0 aliphatic carbocycles. The molecule has 3 heterocycles. The van der Waals surface area contributed by atoms with Gasteiger partial charge in [0.25, 0.3) is 0 Å². The standard InChI is InChI=1S/C27H33N5O4S/c1-27(2,3)36-26(33)32-12-6-7-19(32)15-29-23-17-30-24(18-13-22(37-5)16-28-14-18)31-25(23)35-21-10-8-20(34-4)9-11-21/h8-11,13-14,16-17,19,29H,6-7,12,15H2,1-5H3. The molecule has 0 radical (unpaired) electrons. The first-order valence-corrected chi connectivity index (χ1v) is 13.4. The minimum atomic E-state index is -0.539. The zero-order valence-corrected chi connectivity index (χ0v) is 22.7. The Kier molecular flexibility index (Phi) is 8.38. The van der Waals surface area contributed by atoms with Gasteiger partial charge >= 0.3 is 6.09 Å². The van der Waals surface area contributed by atoms with Crippen LogP contribution in [0.25, 0.3) is 11.4 Å². The number of ether oxygens (including phenoxy) is 3. The van der Waals surface area contributed by atoms with Crippen molar-refractivity contribution in [2.24, 2.45) is 0 Å².